The van der Waals surface area contributed by atoms with Gasteiger partial charge in [0, 0.05) is 34.7 Å². The monoisotopic (exact) mass is 287 g/mol. The molecule has 0 atom stereocenters. The smallest absolute Gasteiger partial charge is 0.0726 e. The third-order valence-electron chi connectivity index (χ3n) is 3.65. The minimum absolute atomic E-state index is 1.02. The Labute approximate surface area is 124 Å². The summed E-state index contributed by atoms with van der Waals surface area (Å²) in [5.74, 6) is 2.13. The summed E-state index contributed by atoms with van der Waals surface area (Å²) in [7, 11) is 4.24. The molecule has 4 heteroatoms. The summed E-state index contributed by atoms with van der Waals surface area (Å²) in [5.41, 5.74) is 5.11. The molecule has 0 fully saturated rings. The molecule has 0 radical (unpaired) electrons. The lowest BCUT2D eigenvalue weighted by molar-refractivity contribution is 0.405. The highest BCUT2D eigenvalue weighted by molar-refractivity contribution is 7.98. The first-order chi connectivity index (χ1) is 9.75. The van der Waals surface area contributed by atoms with Crippen molar-refractivity contribution in [2.24, 2.45) is 0 Å². The zero-order chi connectivity index (χ0) is 13.9. The van der Waals surface area contributed by atoms with Crippen LogP contribution in [0.3, 0.4) is 0 Å². The first kappa shape index (κ1) is 13.7. The Kier molecular flexibility index (Phi) is 4.13. The summed E-state index contributed by atoms with van der Waals surface area (Å²) in [5, 5.41) is 4.93. The third-order valence-corrected chi connectivity index (χ3v) is 4.62. The van der Waals surface area contributed by atoms with Gasteiger partial charge in [-0.05, 0) is 33.1 Å². The van der Waals surface area contributed by atoms with Gasteiger partial charge in [0.25, 0.3) is 0 Å². The Hall–Kier alpha value is -1.26. The van der Waals surface area contributed by atoms with Crippen LogP contribution in [-0.2, 0) is 11.5 Å². The van der Waals surface area contributed by atoms with Crippen LogP contribution in [0.15, 0.2) is 24.3 Å². The van der Waals surface area contributed by atoms with Crippen molar-refractivity contribution in [1.82, 2.24) is 9.88 Å². The van der Waals surface area contributed by atoms with Crippen molar-refractivity contribution in [3.63, 3.8) is 0 Å². The third kappa shape index (κ3) is 2.76. The van der Waals surface area contributed by atoms with Crippen molar-refractivity contribution in [2.75, 3.05) is 32.5 Å². The van der Waals surface area contributed by atoms with Gasteiger partial charge in [-0.25, -0.2) is 0 Å². The van der Waals surface area contributed by atoms with E-state index in [4.69, 9.17) is 4.98 Å². The zero-order valence-electron chi connectivity index (χ0n) is 12.1. The molecule has 106 valence electrons. The molecule has 1 aliphatic heterocycles. The fourth-order valence-corrected chi connectivity index (χ4v) is 3.69. The van der Waals surface area contributed by atoms with E-state index in [1.165, 1.54) is 22.3 Å². The average molecular weight is 287 g/mol. The molecule has 1 aromatic carbocycles. The van der Waals surface area contributed by atoms with Gasteiger partial charge < -0.3 is 10.2 Å². The predicted molar refractivity (Wildman–Crippen MR) is 88.4 cm³/mol. The number of fused-ring (bicyclic) bond motifs is 2. The quantitative estimate of drug-likeness (QED) is 0.854. The Morgan fingerprint density at radius 3 is 2.95 bits per heavy atom. The Balaban J connectivity index is 1.88. The maximum atomic E-state index is 4.80. The number of aromatic nitrogens is 1. The highest BCUT2D eigenvalue weighted by Gasteiger charge is 2.19. The summed E-state index contributed by atoms with van der Waals surface area (Å²) in [6.07, 6.45) is 1.16. The van der Waals surface area contributed by atoms with Crippen molar-refractivity contribution in [1.29, 1.82) is 0 Å². The van der Waals surface area contributed by atoms with E-state index in [-0.39, 0.29) is 0 Å². The van der Waals surface area contributed by atoms with Gasteiger partial charge in [0.05, 0.1) is 11.2 Å². The van der Waals surface area contributed by atoms with Gasteiger partial charge in [-0.3, -0.25) is 4.98 Å². The van der Waals surface area contributed by atoms with Crippen molar-refractivity contribution in [3.8, 4) is 0 Å². The Bertz CT molecular complexity index is 610. The number of para-hydroxylation sites is 1. The minimum Gasteiger partial charge on any atom is -0.384 e. The first-order valence-corrected chi connectivity index (χ1v) is 8.28. The fourth-order valence-electron chi connectivity index (χ4n) is 2.64. The predicted octanol–water partition coefficient (Wildman–Crippen LogP) is 3.35. The van der Waals surface area contributed by atoms with E-state index in [0.29, 0.717) is 0 Å². The molecule has 1 N–H and O–H groups in total. The van der Waals surface area contributed by atoms with Crippen molar-refractivity contribution >= 4 is 28.4 Å². The van der Waals surface area contributed by atoms with Crippen LogP contribution in [0.4, 0.5) is 5.69 Å². The molecule has 2 aromatic rings. The van der Waals surface area contributed by atoms with Gasteiger partial charge in [-0.2, -0.15) is 11.8 Å². The lowest BCUT2D eigenvalue weighted by Gasteiger charge is -2.15. The van der Waals surface area contributed by atoms with Crippen LogP contribution in [0.25, 0.3) is 10.9 Å². The SMILES string of the molecule is CN(C)CCCNc1c2c(nc3ccccc13)CSC2. The maximum Gasteiger partial charge on any atom is 0.0726 e. The van der Waals surface area contributed by atoms with Gasteiger partial charge in [-0.1, -0.05) is 18.2 Å². The number of nitrogens with zero attached hydrogens (tertiary/aromatic N) is 2. The second-order valence-corrected chi connectivity index (χ2v) is 6.49. The maximum absolute atomic E-state index is 4.80. The fraction of sp³-hybridized carbons (Fsp3) is 0.438. The van der Waals surface area contributed by atoms with Gasteiger partial charge in [0.1, 0.15) is 0 Å². The van der Waals surface area contributed by atoms with E-state index in [1.54, 1.807) is 0 Å². The van der Waals surface area contributed by atoms with Crippen LogP contribution in [0.5, 0.6) is 0 Å². The number of nitrogens with one attached hydrogen (secondary N) is 1. The highest BCUT2D eigenvalue weighted by atomic mass is 32.2. The van der Waals surface area contributed by atoms with Gasteiger partial charge in [0.2, 0.25) is 0 Å². The molecular weight excluding hydrogens is 266 g/mol. The largest absolute Gasteiger partial charge is 0.384 e. The van der Waals surface area contributed by atoms with Crippen molar-refractivity contribution in [2.45, 2.75) is 17.9 Å². The summed E-state index contributed by atoms with van der Waals surface area (Å²) in [6.45, 7) is 2.14. The van der Waals surface area contributed by atoms with Crippen molar-refractivity contribution in [3.05, 3.63) is 35.5 Å². The van der Waals surface area contributed by atoms with E-state index in [0.717, 1.165) is 36.5 Å². The first-order valence-electron chi connectivity index (χ1n) is 7.12. The summed E-state index contributed by atoms with van der Waals surface area (Å²) in [4.78, 5) is 7.03. The molecule has 3 rings (SSSR count). The number of thioether (sulfide) groups is 1. The number of pyridine rings is 1. The molecule has 1 aliphatic rings. The molecule has 1 aromatic heterocycles. The van der Waals surface area contributed by atoms with E-state index in [1.807, 2.05) is 11.8 Å². The Morgan fingerprint density at radius 1 is 1.25 bits per heavy atom. The van der Waals surface area contributed by atoms with Crippen LogP contribution in [-0.4, -0.2) is 37.1 Å². The number of rotatable bonds is 5. The van der Waals surface area contributed by atoms with E-state index in [2.05, 4.69) is 48.6 Å². The van der Waals surface area contributed by atoms with Gasteiger partial charge >= 0.3 is 0 Å². The van der Waals surface area contributed by atoms with Crippen molar-refractivity contribution < 1.29 is 0 Å². The lowest BCUT2D eigenvalue weighted by atomic mass is 10.1. The molecule has 0 aliphatic carbocycles. The van der Waals surface area contributed by atoms with Gasteiger partial charge in [0.15, 0.2) is 0 Å². The highest BCUT2D eigenvalue weighted by Crippen LogP contribution is 2.37. The number of anilines is 1. The number of hydrogen-bond acceptors (Lipinski definition) is 4. The normalized spacial score (nSPS) is 13.9. The topological polar surface area (TPSA) is 28.2 Å². The molecular formula is C16H21N3S. The number of benzene rings is 1. The van der Waals surface area contributed by atoms with Crippen LogP contribution < -0.4 is 5.32 Å². The molecule has 0 spiro atoms. The van der Waals surface area contributed by atoms with E-state index >= 15 is 0 Å². The summed E-state index contributed by atoms with van der Waals surface area (Å²) >= 11 is 1.96. The van der Waals surface area contributed by atoms with Gasteiger partial charge in [-0.15, -0.1) is 0 Å². The lowest BCUT2D eigenvalue weighted by Crippen LogP contribution is -2.17. The molecule has 0 amide bonds. The van der Waals surface area contributed by atoms with Crippen LogP contribution in [0, 0.1) is 0 Å². The standard InChI is InChI=1S/C16H21N3S/c1-19(2)9-5-8-17-16-12-6-3-4-7-14(12)18-15-11-20-10-13(15)16/h3-4,6-7H,5,8-11H2,1-2H3,(H,17,18). The average Bonchev–Trinajstić information content (AvgIpc) is 2.90. The second-order valence-electron chi connectivity index (χ2n) is 5.51. The summed E-state index contributed by atoms with van der Waals surface area (Å²) in [6, 6.07) is 8.46. The minimum atomic E-state index is 1.02. The van der Waals surface area contributed by atoms with E-state index in [9.17, 15) is 0 Å². The van der Waals surface area contributed by atoms with Crippen LogP contribution >= 0.6 is 11.8 Å². The van der Waals surface area contributed by atoms with Crippen LogP contribution in [0.1, 0.15) is 17.7 Å². The molecule has 0 unspecified atom stereocenters. The number of hydrogen-bond donors (Lipinski definition) is 1. The molecule has 0 bridgehead atoms. The van der Waals surface area contributed by atoms with Crippen LogP contribution in [0.2, 0.25) is 0 Å². The van der Waals surface area contributed by atoms with E-state index < -0.39 is 0 Å². The molecule has 0 saturated carbocycles. The second kappa shape index (κ2) is 6.02. The molecule has 20 heavy (non-hydrogen) atoms. The zero-order valence-corrected chi connectivity index (χ0v) is 13.0. The summed E-state index contributed by atoms with van der Waals surface area (Å²) < 4.78 is 0. The molecule has 3 nitrogen and oxygen atoms in total. The molecule has 2 heterocycles. The Morgan fingerprint density at radius 2 is 2.10 bits per heavy atom. The molecule has 0 saturated heterocycles.